The maximum absolute atomic E-state index is 12.1. The second-order valence-electron chi connectivity index (χ2n) is 12.2. The number of allylic oxidation sites excluding steroid dienone is 3. The summed E-state index contributed by atoms with van der Waals surface area (Å²) in [4.78, 5) is 15.8. The molecule has 7 aliphatic rings. The quantitative estimate of drug-likeness (QED) is 0.592. The number of carbonyl (C=O) groups excluding carboxylic acids is 1. The minimum Gasteiger partial charge on any atom is -0.357 e. The van der Waals surface area contributed by atoms with Crippen molar-refractivity contribution in [2.75, 3.05) is 6.54 Å². The molecule has 4 aliphatic carbocycles. The normalized spacial score (nSPS) is 54.5. The van der Waals surface area contributed by atoms with Gasteiger partial charge in [0, 0.05) is 13.0 Å². The lowest BCUT2D eigenvalue weighted by atomic mass is 9.56. The zero-order valence-corrected chi connectivity index (χ0v) is 19.3. The zero-order chi connectivity index (χ0) is 21.2. The molecule has 166 valence electrons. The van der Waals surface area contributed by atoms with E-state index in [4.69, 9.17) is 4.74 Å². The summed E-state index contributed by atoms with van der Waals surface area (Å²) in [6.07, 6.45) is 13.7. The Morgan fingerprint density at radius 3 is 2.90 bits per heavy atom. The van der Waals surface area contributed by atoms with Crippen LogP contribution in [0.15, 0.2) is 22.8 Å². The van der Waals surface area contributed by atoms with Crippen LogP contribution >= 0.6 is 0 Å². The maximum Gasteiger partial charge on any atom is 0.256 e. The molecule has 0 unspecified atom stereocenters. The molecule has 31 heavy (non-hydrogen) atoms. The minimum absolute atomic E-state index is 0.0296. The number of hydrogen-bond donors (Lipinski definition) is 2. The average Bonchev–Trinajstić information content (AvgIpc) is 3.19. The van der Waals surface area contributed by atoms with Crippen LogP contribution in [0, 0.1) is 35.0 Å². The van der Waals surface area contributed by atoms with Crippen LogP contribution in [0.25, 0.3) is 0 Å². The van der Waals surface area contributed by atoms with E-state index in [1.807, 2.05) is 6.08 Å². The van der Waals surface area contributed by atoms with Crippen molar-refractivity contribution in [2.45, 2.75) is 89.5 Å². The topological polar surface area (TPSA) is 52.3 Å². The van der Waals surface area contributed by atoms with Crippen molar-refractivity contribution in [2.24, 2.45) is 35.0 Å². The van der Waals surface area contributed by atoms with Crippen LogP contribution in [0.1, 0.15) is 72.1 Å². The molecule has 3 aliphatic heterocycles. The first-order valence-corrected chi connectivity index (χ1v) is 12.9. The van der Waals surface area contributed by atoms with Gasteiger partial charge < -0.3 is 4.74 Å². The van der Waals surface area contributed by atoms with Gasteiger partial charge in [-0.2, -0.15) is 0 Å². The van der Waals surface area contributed by atoms with E-state index in [0.717, 1.165) is 44.1 Å². The van der Waals surface area contributed by atoms with Gasteiger partial charge in [0.15, 0.2) is 17.9 Å². The number of hydrogen-bond acceptors (Lipinski definition) is 3. The number of carbonyl (C=O) groups is 1. The molecule has 0 aromatic rings. The van der Waals surface area contributed by atoms with Gasteiger partial charge in [-0.25, -0.2) is 4.99 Å². The minimum atomic E-state index is -0.103. The van der Waals surface area contributed by atoms with Crippen LogP contribution in [0.2, 0.25) is 0 Å². The highest BCUT2D eigenvalue weighted by atomic mass is 16.5. The van der Waals surface area contributed by atoms with Gasteiger partial charge in [-0.05, 0) is 92.6 Å². The zero-order valence-electron chi connectivity index (χ0n) is 19.3. The predicted molar refractivity (Wildman–Crippen MR) is 119 cm³/mol. The number of nitrogens with one attached hydrogen (secondary N) is 2. The Balaban J connectivity index is 1.27. The Bertz CT molecular complexity index is 964. The van der Waals surface area contributed by atoms with E-state index in [-0.39, 0.29) is 22.8 Å². The number of fused-ring (bicyclic) bond motifs is 6. The van der Waals surface area contributed by atoms with E-state index < -0.39 is 0 Å². The molecule has 4 nitrogen and oxygen atoms in total. The van der Waals surface area contributed by atoms with Crippen LogP contribution in [0.4, 0.5) is 0 Å². The molecule has 0 radical (unpaired) electrons. The molecule has 9 atom stereocenters. The third kappa shape index (κ3) is 2.20. The second-order valence-corrected chi connectivity index (χ2v) is 12.2. The number of rotatable bonds is 0. The first-order chi connectivity index (χ1) is 14.9. The SMILES string of the molecule is CC1=C2C[C@H]3[C@@H](CCC4=CC(=O)CC[C@@]43C)[C@@H]2CC[C@]12O[C@@H]1C[C@H](C)CN[C@]13[NH+]=C[C@H]32. The van der Waals surface area contributed by atoms with Gasteiger partial charge in [0.2, 0.25) is 0 Å². The van der Waals surface area contributed by atoms with E-state index >= 15 is 0 Å². The second kappa shape index (κ2) is 5.99. The summed E-state index contributed by atoms with van der Waals surface area (Å²) in [5, 5.41) is 3.86. The Labute approximate surface area is 186 Å². The summed E-state index contributed by atoms with van der Waals surface area (Å²) < 4.78 is 7.09. The van der Waals surface area contributed by atoms with Gasteiger partial charge >= 0.3 is 0 Å². The van der Waals surface area contributed by atoms with E-state index in [0.29, 0.717) is 23.5 Å². The van der Waals surface area contributed by atoms with E-state index in [1.165, 1.54) is 31.3 Å². The molecule has 0 aromatic carbocycles. The Kier molecular flexibility index (Phi) is 3.72. The van der Waals surface area contributed by atoms with Crippen LogP contribution in [0.5, 0.6) is 0 Å². The summed E-state index contributed by atoms with van der Waals surface area (Å²) in [6, 6.07) is 0. The summed E-state index contributed by atoms with van der Waals surface area (Å²) in [7, 11) is 0. The van der Waals surface area contributed by atoms with Crippen molar-refractivity contribution in [1.29, 1.82) is 0 Å². The van der Waals surface area contributed by atoms with Gasteiger partial charge in [-0.15, -0.1) is 0 Å². The van der Waals surface area contributed by atoms with Crippen molar-refractivity contribution < 1.29 is 14.5 Å². The fourth-order valence-electron chi connectivity index (χ4n) is 9.30. The highest BCUT2D eigenvalue weighted by Gasteiger charge is 2.75. The molecule has 4 heteroatoms. The van der Waals surface area contributed by atoms with Crippen molar-refractivity contribution in [3.8, 4) is 0 Å². The van der Waals surface area contributed by atoms with Crippen molar-refractivity contribution in [1.82, 2.24) is 5.32 Å². The highest BCUT2D eigenvalue weighted by molar-refractivity contribution is 5.91. The number of piperidine rings is 1. The monoisotopic (exact) mass is 421 g/mol. The largest absolute Gasteiger partial charge is 0.357 e. The Hall–Kier alpha value is -1.26. The number of ketones is 1. The van der Waals surface area contributed by atoms with E-state index in [1.54, 1.807) is 11.1 Å². The first kappa shape index (κ1) is 19.2. The maximum atomic E-state index is 12.1. The van der Waals surface area contributed by atoms with Crippen LogP contribution in [-0.4, -0.2) is 35.9 Å². The lowest BCUT2D eigenvalue weighted by molar-refractivity contribution is -0.607. The Morgan fingerprint density at radius 2 is 2.10 bits per heavy atom. The van der Waals surface area contributed by atoms with Gasteiger partial charge in [0.05, 0.1) is 0 Å². The van der Waals surface area contributed by atoms with Crippen LogP contribution in [-0.2, 0) is 9.53 Å². The molecule has 7 rings (SSSR count). The Morgan fingerprint density at radius 1 is 1.23 bits per heavy atom. The first-order valence-electron chi connectivity index (χ1n) is 12.9. The van der Waals surface area contributed by atoms with E-state index in [2.05, 4.69) is 37.3 Å². The smallest absolute Gasteiger partial charge is 0.256 e. The van der Waals surface area contributed by atoms with Crippen LogP contribution < -0.4 is 10.3 Å². The van der Waals surface area contributed by atoms with Gasteiger partial charge in [0.25, 0.3) is 5.66 Å². The molecule has 4 fully saturated rings. The summed E-state index contributed by atoms with van der Waals surface area (Å²) in [6.45, 7) is 8.33. The fraction of sp³-hybridized carbons (Fsp3) is 0.778. The lowest BCUT2D eigenvalue weighted by Gasteiger charge is -2.48. The molecule has 2 saturated heterocycles. The van der Waals surface area contributed by atoms with E-state index in [9.17, 15) is 4.79 Å². The molecule has 0 aromatic heterocycles. The van der Waals surface area contributed by atoms with Gasteiger partial charge in [-0.1, -0.05) is 25.0 Å². The lowest BCUT2D eigenvalue weighted by Crippen LogP contribution is -3.04. The van der Waals surface area contributed by atoms with Crippen molar-refractivity contribution in [3.63, 3.8) is 0 Å². The molecule has 2 N–H and O–H groups in total. The highest BCUT2D eigenvalue weighted by Crippen LogP contribution is 2.65. The molecule has 2 saturated carbocycles. The summed E-state index contributed by atoms with van der Waals surface area (Å²) >= 11 is 0. The fourth-order valence-corrected chi connectivity index (χ4v) is 9.30. The molecule has 2 spiro atoms. The van der Waals surface area contributed by atoms with Gasteiger partial charge in [-0.3, -0.25) is 10.1 Å². The van der Waals surface area contributed by atoms with Gasteiger partial charge in [0.1, 0.15) is 11.7 Å². The number of ether oxygens (including phenoxy) is 1. The third-order valence-corrected chi connectivity index (χ3v) is 11.1. The van der Waals surface area contributed by atoms with Crippen molar-refractivity contribution in [3.05, 3.63) is 22.8 Å². The van der Waals surface area contributed by atoms with Crippen LogP contribution in [0.3, 0.4) is 0 Å². The van der Waals surface area contributed by atoms with Crippen molar-refractivity contribution >= 4 is 12.0 Å². The molecule has 0 bridgehead atoms. The predicted octanol–water partition coefficient (Wildman–Crippen LogP) is 2.68. The third-order valence-electron chi connectivity index (χ3n) is 11.1. The molecular formula is C27H37N2O2+. The summed E-state index contributed by atoms with van der Waals surface area (Å²) in [5.74, 6) is 3.74. The molecule has 0 amide bonds. The summed E-state index contributed by atoms with van der Waals surface area (Å²) in [5.41, 5.74) is 4.88. The molecule has 3 heterocycles. The average molecular weight is 422 g/mol. The molecular weight excluding hydrogens is 384 g/mol. The standard InChI is InChI=1S/C27H36N2O2/c1-15-10-24-27(28-13-15)23(14-29-27)26(31-24)9-7-19-20-5-4-17-11-18(30)6-8-25(17,3)22(20)12-21(19)16(26)2/h11,14-15,19-20,22-24,28H,4-10,12-13H2,1-3H3/p+1/t15-,19-,20-,22-,23-,24+,25-,26-,27+/m0/s1.